The van der Waals surface area contributed by atoms with E-state index in [2.05, 4.69) is 29.6 Å². The number of nitrogens with zero attached hydrogens (tertiary/aromatic N) is 2. The summed E-state index contributed by atoms with van der Waals surface area (Å²) in [5.74, 6) is 0.0405. The second-order valence-electron chi connectivity index (χ2n) is 5.96. The Kier molecular flexibility index (Phi) is 5.74. The van der Waals surface area contributed by atoms with E-state index < -0.39 is 0 Å². The third-order valence-corrected chi connectivity index (χ3v) is 3.66. The maximum absolute atomic E-state index is 12.1. The SMILES string of the molecule is CCc1nn(C)cc1CNC(C)C(=O)NC(C)(C)CC. The molecule has 0 aliphatic carbocycles. The first-order valence-electron chi connectivity index (χ1n) is 7.35. The van der Waals surface area contributed by atoms with Crippen LogP contribution in [0.5, 0.6) is 0 Å². The van der Waals surface area contributed by atoms with Crippen molar-refractivity contribution >= 4 is 5.91 Å². The van der Waals surface area contributed by atoms with E-state index in [1.54, 1.807) is 0 Å². The molecule has 1 rings (SSSR count). The molecule has 5 heteroatoms. The van der Waals surface area contributed by atoms with Gasteiger partial charge in [0.05, 0.1) is 11.7 Å². The van der Waals surface area contributed by atoms with Gasteiger partial charge in [0.2, 0.25) is 5.91 Å². The molecule has 20 heavy (non-hydrogen) atoms. The minimum absolute atomic E-state index is 0.0405. The van der Waals surface area contributed by atoms with Crippen molar-refractivity contribution in [3.8, 4) is 0 Å². The second-order valence-corrected chi connectivity index (χ2v) is 5.96. The molecule has 0 spiro atoms. The van der Waals surface area contributed by atoms with Crippen molar-refractivity contribution in [1.29, 1.82) is 0 Å². The summed E-state index contributed by atoms with van der Waals surface area (Å²) in [6, 6.07) is -0.217. The molecule has 0 saturated heterocycles. The first-order chi connectivity index (χ1) is 9.29. The van der Waals surface area contributed by atoms with Crippen LogP contribution in [0.4, 0.5) is 0 Å². The number of amides is 1. The molecule has 0 aromatic carbocycles. The average molecular weight is 280 g/mol. The van der Waals surface area contributed by atoms with Gasteiger partial charge in [-0.25, -0.2) is 0 Å². The number of rotatable bonds is 7. The van der Waals surface area contributed by atoms with Gasteiger partial charge in [-0.2, -0.15) is 5.10 Å². The lowest BCUT2D eigenvalue weighted by atomic mass is 10.0. The lowest BCUT2D eigenvalue weighted by Crippen LogP contribution is -2.50. The molecule has 0 aliphatic rings. The van der Waals surface area contributed by atoms with Gasteiger partial charge in [-0.15, -0.1) is 0 Å². The van der Waals surface area contributed by atoms with Gasteiger partial charge < -0.3 is 10.6 Å². The third kappa shape index (κ3) is 4.63. The minimum atomic E-state index is -0.217. The summed E-state index contributed by atoms with van der Waals surface area (Å²) < 4.78 is 1.82. The molecular weight excluding hydrogens is 252 g/mol. The number of aryl methyl sites for hydroxylation is 2. The summed E-state index contributed by atoms with van der Waals surface area (Å²) in [5, 5.41) is 10.7. The highest BCUT2D eigenvalue weighted by Gasteiger charge is 2.21. The lowest BCUT2D eigenvalue weighted by molar-refractivity contribution is -0.124. The van der Waals surface area contributed by atoms with E-state index in [1.807, 2.05) is 38.7 Å². The molecule has 0 saturated carbocycles. The minimum Gasteiger partial charge on any atom is -0.350 e. The molecule has 1 amide bonds. The van der Waals surface area contributed by atoms with E-state index in [1.165, 1.54) is 0 Å². The van der Waals surface area contributed by atoms with E-state index in [0.29, 0.717) is 6.54 Å². The van der Waals surface area contributed by atoms with Gasteiger partial charge >= 0.3 is 0 Å². The van der Waals surface area contributed by atoms with E-state index in [9.17, 15) is 4.79 Å². The molecule has 114 valence electrons. The predicted octanol–water partition coefficient (Wildman–Crippen LogP) is 1.77. The highest BCUT2D eigenvalue weighted by molar-refractivity contribution is 5.81. The summed E-state index contributed by atoms with van der Waals surface area (Å²) in [5.41, 5.74) is 2.08. The third-order valence-electron chi connectivity index (χ3n) is 3.66. The van der Waals surface area contributed by atoms with Crippen molar-refractivity contribution < 1.29 is 4.79 Å². The standard InChI is InChI=1S/C15H28N4O/c1-7-13-12(10-19(6)18-13)9-16-11(3)14(20)17-15(4,5)8-2/h10-11,16H,7-9H2,1-6H3,(H,17,20). The fourth-order valence-corrected chi connectivity index (χ4v) is 1.91. The van der Waals surface area contributed by atoms with Gasteiger partial charge in [0.15, 0.2) is 0 Å². The molecule has 0 aliphatic heterocycles. The molecule has 2 N–H and O–H groups in total. The molecule has 1 aromatic rings. The largest absolute Gasteiger partial charge is 0.350 e. The summed E-state index contributed by atoms with van der Waals surface area (Å²) in [6.45, 7) is 10.8. The van der Waals surface area contributed by atoms with Crippen LogP contribution in [0, 0.1) is 0 Å². The predicted molar refractivity (Wildman–Crippen MR) is 81.4 cm³/mol. The Hall–Kier alpha value is -1.36. The first-order valence-corrected chi connectivity index (χ1v) is 7.35. The maximum Gasteiger partial charge on any atom is 0.237 e. The Morgan fingerprint density at radius 1 is 1.45 bits per heavy atom. The lowest BCUT2D eigenvalue weighted by Gasteiger charge is -2.26. The van der Waals surface area contributed by atoms with Gasteiger partial charge in [-0.3, -0.25) is 9.48 Å². The van der Waals surface area contributed by atoms with Crippen molar-refractivity contribution in [1.82, 2.24) is 20.4 Å². The molecule has 0 fully saturated rings. The molecule has 0 radical (unpaired) electrons. The molecule has 1 heterocycles. The monoisotopic (exact) mass is 280 g/mol. The maximum atomic E-state index is 12.1. The van der Waals surface area contributed by atoms with Gasteiger partial charge in [0, 0.05) is 30.9 Å². The Bertz CT molecular complexity index is 451. The summed E-state index contributed by atoms with van der Waals surface area (Å²) in [7, 11) is 1.92. The number of hydrogen-bond acceptors (Lipinski definition) is 3. The number of carbonyl (C=O) groups is 1. The number of hydrogen-bond donors (Lipinski definition) is 2. The molecule has 1 atom stereocenters. The second kappa shape index (κ2) is 6.88. The fourth-order valence-electron chi connectivity index (χ4n) is 1.91. The Morgan fingerprint density at radius 3 is 2.65 bits per heavy atom. The highest BCUT2D eigenvalue weighted by Crippen LogP contribution is 2.09. The van der Waals surface area contributed by atoms with Crippen LogP contribution in [0.2, 0.25) is 0 Å². The van der Waals surface area contributed by atoms with E-state index in [-0.39, 0.29) is 17.5 Å². The van der Waals surface area contributed by atoms with Crippen molar-refractivity contribution in [2.75, 3.05) is 0 Å². The van der Waals surface area contributed by atoms with Crippen molar-refractivity contribution in [3.63, 3.8) is 0 Å². The van der Waals surface area contributed by atoms with E-state index in [4.69, 9.17) is 0 Å². The fraction of sp³-hybridized carbons (Fsp3) is 0.733. The quantitative estimate of drug-likeness (QED) is 0.800. The average Bonchev–Trinajstić information content (AvgIpc) is 2.75. The molecule has 1 unspecified atom stereocenters. The van der Waals surface area contributed by atoms with Crippen molar-refractivity contribution in [2.24, 2.45) is 7.05 Å². The topological polar surface area (TPSA) is 59.0 Å². The van der Waals surface area contributed by atoms with Crippen LogP contribution in [0.25, 0.3) is 0 Å². The van der Waals surface area contributed by atoms with Crippen LogP contribution >= 0.6 is 0 Å². The number of carbonyl (C=O) groups excluding carboxylic acids is 1. The molecular formula is C15H28N4O. The number of aromatic nitrogens is 2. The first kappa shape index (κ1) is 16.7. The van der Waals surface area contributed by atoms with E-state index >= 15 is 0 Å². The highest BCUT2D eigenvalue weighted by atomic mass is 16.2. The van der Waals surface area contributed by atoms with E-state index in [0.717, 1.165) is 24.1 Å². The van der Waals surface area contributed by atoms with Crippen molar-refractivity contribution in [3.05, 3.63) is 17.5 Å². The van der Waals surface area contributed by atoms with Gasteiger partial charge in [0.25, 0.3) is 0 Å². The van der Waals surface area contributed by atoms with Crippen LogP contribution in [0.15, 0.2) is 6.20 Å². The summed E-state index contributed by atoms with van der Waals surface area (Å²) in [6.07, 6.45) is 3.82. The number of nitrogens with one attached hydrogen (secondary N) is 2. The Balaban J connectivity index is 2.54. The van der Waals surface area contributed by atoms with Crippen molar-refractivity contribution in [2.45, 2.75) is 65.6 Å². The summed E-state index contributed by atoms with van der Waals surface area (Å²) >= 11 is 0. The molecule has 1 aromatic heterocycles. The van der Waals surface area contributed by atoms with Crippen LogP contribution in [0.1, 0.15) is 52.3 Å². The van der Waals surface area contributed by atoms with Crippen LogP contribution in [-0.4, -0.2) is 27.3 Å². The van der Waals surface area contributed by atoms with Crippen LogP contribution in [0.3, 0.4) is 0 Å². The smallest absolute Gasteiger partial charge is 0.237 e. The van der Waals surface area contributed by atoms with Gasteiger partial charge in [-0.05, 0) is 33.6 Å². The zero-order valence-corrected chi connectivity index (χ0v) is 13.6. The summed E-state index contributed by atoms with van der Waals surface area (Å²) in [4.78, 5) is 12.1. The van der Waals surface area contributed by atoms with Crippen LogP contribution in [-0.2, 0) is 24.8 Å². The molecule has 0 bridgehead atoms. The van der Waals surface area contributed by atoms with Crippen LogP contribution < -0.4 is 10.6 Å². The Labute approximate surface area is 122 Å². The zero-order valence-electron chi connectivity index (χ0n) is 13.6. The van der Waals surface area contributed by atoms with Gasteiger partial charge in [0.1, 0.15) is 0 Å². The Morgan fingerprint density at radius 2 is 2.10 bits per heavy atom. The zero-order chi connectivity index (χ0) is 15.3. The van der Waals surface area contributed by atoms with Gasteiger partial charge in [-0.1, -0.05) is 13.8 Å². The molecule has 5 nitrogen and oxygen atoms in total. The normalized spacial score (nSPS) is 13.3.